The topological polar surface area (TPSA) is 20.3 Å². The third-order valence-corrected chi connectivity index (χ3v) is 3.80. The normalized spacial score (nSPS) is 21.3. The first-order chi connectivity index (χ1) is 8.60. The molecule has 1 fully saturated rings. The molecule has 0 saturated carbocycles. The highest BCUT2D eigenvalue weighted by Crippen LogP contribution is 2.20. The van der Waals surface area contributed by atoms with Gasteiger partial charge in [-0.05, 0) is 36.6 Å². The van der Waals surface area contributed by atoms with E-state index in [2.05, 4.69) is 11.8 Å². The number of hydrogen-bond acceptors (Lipinski definition) is 2. The molecule has 1 aliphatic heterocycles. The number of halogens is 1. The van der Waals surface area contributed by atoms with Gasteiger partial charge >= 0.3 is 0 Å². The number of piperidine rings is 1. The Bertz CT molecular complexity index is 444. The van der Waals surface area contributed by atoms with E-state index in [9.17, 15) is 9.18 Å². The molecule has 1 heterocycles. The van der Waals surface area contributed by atoms with Gasteiger partial charge in [0.25, 0.3) is 0 Å². The number of carbonyl (C=O) groups is 1. The van der Waals surface area contributed by atoms with Gasteiger partial charge in [-0.25, -0.2) is 4.39 Å². The van der Waals surface area contributed by atoms with Crippen LogP contribution in [0.3, 0.4) is 0 Å². The molecule has 3 heteroatoms. The Morgan fingerprint density at radius 3 is 2.89 bits per heavy atom. The van der Waals surface area contributed by atoms with Crippen molar-refractivity contribution < 1.29 is 9.18 Å². The zero-order valence-electron chi connectivity index (χ0n) is 11.1. The maximum Gasteiger partial charge on any atom is 0.138 e. The minimum Gasteiger partial charge on any atom is -0.299 e. The lowest BCUT2D eigenvalue weighted by molar-refractivity contribution is -0.126. The summed E-state index contributed by atoms with van der Waals surface area (Å²) in [5, 5.41) is 0. The Balaban J connectivity index is 2.03. The number of benzene rings is 1. The molecule has 0 N–H and O–H groups in total. The van der Waals surface area contributed by atoms with Crippen LogP contribution in [-0.4, -0.2) is 23.8 Å². The molecule has 1 aliphatic rings. The number of hydrogen-bond donors (Lipinski definition) is 0. The lowest BCUT2D eigenvalue weighted by Gasteiger charge is -2.31. The van der Waals surface area contributed by atoms with Crippen molar-refractivity contribution in [1.29, 1.82) is 0 Å². The minimum atomic E-state index is -0.184. The van der Waals surface area contributed by atoms with Crippen LogP contribution in [-0.2, 0) is 11.3 Å². The molecule has 2 nitrogen and oxygen atoms in total. The highest BCUT2D eigenvalue weighted by molar-refractivity contribution is 5.82. The summed E-state index contributed by atoms with van der Waals surface area (Å²) < 4.78 is 13.0. The quantitative estimate of drug-likeness (QED) is 0.821. The monoisotopic (exact) mass is 249 g/mol. The largest absolute Gasteiger partial charge is 0.299 e. The van der Waals surface area contributed by atoms with Gasteiger partial charge in [-0.3, -0.25) is 9.69 Å². The van der Waals surface area contributed by atoms with Crippen molar-refractivity contribution in [3.63, 3.8) is 0 Å². The number of rotatable bonds is 3. The van der Waals surface area contributed by atoms with Crippen LogP contribution in [0.2, 0.25) is 0 Å². The van der Waals surface area contributed by atoms with Crippen molar-refractivity contribution in [2.24, 2.45) is 5.92 Å². The van der Waals surface area contributed by atoms with Crippen molar-refractivity contribution in [2.75, 3.05) is 13.1 Å². The number of carbonyl (C=O) groups excluding carboxylic acids is 1. The van der Waals surface area contributed by atoms with Gasteiger partial charge in [0.2, 0.25) is 0 Å². The van der Waals surface area contributed by atoms with Crippen LogP contribution in [0.1, 0.15) is 30.9 Å². The molecule has 0 bridgehead atoms. The van der Waals surface area contributed by atoms with Crippen molar-refractivity contribution in [1.82, 2.24) is 4.90 Å². The number of likely N-dealkylation sites (tertiary alicyclic amines) is 1. The second kappa shape index (κ2) is 5.61. The predicted octanol–water partition coefficient (Wildman–Crippen LogP) is 2.94. The Morgan fingerprint density at radius 2 is 2.22 bits per heavy atom. The Hall–Kier alpha value is -1.22. The first-order valence-electron chi connectivity index (χ1n) is 6.60. The number of Topliss-reactive ketones (excluding diaryl/α,β-unsaturated/α-hetero) is 1. The Kier molecular flexibility index (Phi) is 4.12. The summed E-state index contributed by atoms with van der Waals surface area (Å²) in [6.07, 6.45) is 1.57. The highest BCUT2D eigenvalue weighted by atomic mass is 19.1. The van der Waals surface area contributed by atoms with E-state index in [4.69, 9.17) is 0 Å². The maximum absolute atomic E-state index is 13.0. The summed E-state index contributed by atoms with van der Waals surface area (Å²) in [5.74, 6) is 0.389. The summed E-state index contributed by atoms with van der Waals surface area (Å²) in [7, 11) is 0. The molecule has 1 aromatic carbocycles. The maximum atomic E-state index is 13.0. The standard InChI is InChI=1S/C15H20FNO/c1-3-12-9-17(7-6-15(12)18)10-13-4-5-14(16)8-11(13)2/h4-5,8,12H,3,6-7,9-10H2,1-2H3. The van der Waals surface area contributed by atoms with E-state index in [1.807, 2.05) is 13.0 Å². The molecule has 1 saturated heterocycles. The van der Waals surface area contributed by atoms with Gasteiger partial charge in [-0.1, -0.05) is 13.0 Å². The first-order valence-corrected chi connectivity index (χ1v) is 6.60. The minimum absolute atomic E-state index is 0.180. The zero-order valence-corrected chi connectivity index (χ0v) is 11.1. The van der Waals surface area contributed by atoms with Crippen LogP contribution >= 0.6 is 0 Å². The molecule has 0 aliphatic carbocycles. The van der Waals surface area contributed by atoms with Crippen LogP contribution in [0.5, 0.6) is 0 Å². The summed E-state index contributed by atoms with van der Waals surface area (Å²) in [6.45, 7) is 6.48. The van der Waals surface area contributed by atoms with E-state index >= 15 is 0 Å². The molecule has 1 unspecified atom stereocenters. The molecular formula is C15H20FNO. The lowest BCUT2D eigenvalue weighted by Crippen LogP contribution is -2.40. The lowest BCUT2D eigenvalue weighted by atomic mass is 9.93. The third kappa shape index (κ3) is 2.96. The van der Waals surface area contributed by atoms with Gasteiger partial charge in [0.15, 0.2) is 0 Å². The van der Waals surface area contributed by atoms with Gasteiger partial charge in [-0.2, -0.15) is 0 Å². The van der Waals surface area contributed by atoms with E-state index in [-0.39, 0.29) is 11.7 Å². The third-order valence-electron chi connectivity index (χ3n) is 3.80. The fourth-order valence-corrected chi connectivity index (χ4v) is 2.56. The second-order valence-electron chi connectivity index (χ2n) is 5.13. The Morgan fingerprint density at radius 1 is 1.44 bits per heavy atom. The van der Waals surface area contributed by atoms with E-state index in [0.717, 1.165) is 37.2 Å². The summed E-state index contributed by atoms with van der Waals surface area (Å²) in [5.41, 5.74) is 2.14. The van der Waals surface area contributed by atoms with Crippen LogP contribution in [0.15, 0.2) is 18.2 Å². The summed E-state index contributed by atoms with van der Waals surface area (Å²) >= 11 is 0. The predicted molar refractivity (Wildman–Crippen MR) is 69.8 cm³/mol. The van der Waals surface area contributed by atoms with Crippen molar-refractivity contribution in [2.45, 2.75) is 33.2 Å². The van der Waals surface area contributed by atoms with Crippen LogP contribution < -0.4 is 0 Å². The van der Waals surface area contributed by atoms with Crippen LogP contribution in [0, 0.1) is 18.7 Å². The SMILES string of the molecule is CCC1CN(Cc2ccc(F)cc2C)CCC1=O. The number of ketones is 1. The van der Waals surface area contributed by atoms with Gasteiger partial charge in [-0.15, -0.1) is 0 Å². The van der Waals surface area contributed by atoms with Crippen molar-refractivity contribution in [3.8, 4) is 0 Å². The number of aryl methyl sites for hydroxylation is 1. The fourth-order valence-electron chi connectivity index (χ4n) is 2.56. The van der Waals surface area contributed by atoms with Gasteiger partial charge < -0.3 is 0 Å². The van der Waals surface area contributed by atoms with E-state index in [0.29, 0.717) is 12.2 Å². The molecule has 98 valence electrons. The highest BCUT2D eigenvalue weighted by Gasteiger charge is 2.25. The molecule has 0 radical (unpaired) electrons. The molecule has 2 rings (SSSR count). The van der Waals surface area contributed by atoms with Crippen LogP contribution in [0.4, 0.5) is 4.39 Å². The molecule has 0 spiro atoms. The van der Waals surface area contributed by atoms with Gasteiger partial charge in [0.05, 0.1) is 0 Å². The molecule has 0 aromatic heterocycles. The van der Waals surface area contributed by atoms with E-state index < -0.39 is 0 Å². The average molecular weight is 249 g/mol. The molecule has 0 amide bonds. The van der Waals surface area contributed by atoms with Crippen molar-refractivity contribution >= 4 is 5.78 Å². The summed E-state index contributed by atoms with van der Waals surface area (Å²) in [6, 6.07) is 4.93. The van der Waals surface area contributed by atoms with E-state index in [1.165, 1.54) is 6.07 Å². The molecule has 18 heavy (non-hydrogen) atoms. The summed E-state index contributed by atoms with van der Waals surface area (Å²) in [4.78, 5) is 14.0. The van der Waals surface area contributed by atoms with Crippen molar-refractivity contribution in [3.05, 3.63) is 35.1 Å². The zero-order chi connectivity index (χ0) is 13.1. The molecule has 1 aromatic rings. The Labute approximate surface area is 108 Å². The average Bonchev–Trinajstić information content (AvgIpc) is 2.35. The van der Waals surface area contributed by atoms with Gasteiger partial charge in [0, 0.05) is 32.0 Å². The number of nitrogens with zero attached hydrogens (tertiary/aromatic N) is 1. The molecule has 1 atom stereocenters. The smallest absolute Gasteiger partial charge is 0.138 e. The fraction of sp³-hybridized carbons (Fsp3) is 0.533. The van der Waals surface area contributed by atoms with Crippen LogP contribution in [0.25, 0.3) is 0 Å². The molecular weight excluding hydrogens is 229 g/mol. The second-order valence-corrected chi connectivity index (χ2v) is 5.13. The van der Waals surface area contributed by atoms with Gasteiger partial charge in [0.1, 0.15) is 11.6 Å². The van der Waals surface area contributed by atoms with E-state index in [1.54, 1.807) is 6.07 Å². The first kappa shape index (κ1) is 13.2.